The summed E-state index contributed by atoms with van der Waals surface area (Å²) < 4.78 is 37.5. The number of halogens is 2. The first kappa shape index (κ1) is 31.4. The molecule has 1 aliphatic carbocycles. The fourth-order valence-electron chi connectivity index (χ4n) is 5.52. The molecule has 228 valence electrons. The average Bonchev–Trinajstić information content (AvgIpc) is 3.68. The van der Waals surface area contributed by atoms with Crippen LogP contribution in [0.1, 0.15) is 56.1 Å². The van der Waals surface area contributed by atoms with E-state index in [9.17, 15) is 13.6 Å². The lowest BCUT2D eigenvalue weighted by Crippen LogP contribution is -2.44. The summed E-state index contributed by atoms with van der Waals surface area (Å²) in [6, 6.07) is 22.6. The van der Waals surface area contributed by atoms with Crippen LogP contribution in [-0.4, -0.2) is 36.0 Å². The molecule has 0 atom stereocenters. The zero-order chi connectivity index (χ0) is 30.4. The van der Waals surface area contributed by atoms with Crippen molar-refractivity contribution >= 4 is 39.3 Å². The van der Waals surface area contributed by atoms with E-state index in [-0.39, 0.29) is 11.6 Å². The van der Waals surface area contributed by atoms with Gasteiger partial charge in [-0.2, -0.15) is 0 Å². The first-order chi connectivity index (χ1) is 20.7. The van der Waals surface area contributed by atoms with Crippen molar-refractivity contribution in [2.75, 3.05) is 13.1 Å². The first-order valence-corrected chi connectivity index (χ1v) is 16.6. The SMILES string of the molecule is Cc1ccc(-c2ccc(C(F)(F)CC(=O)N3CCC(N)CC3)cc2)cc1.NSc1cc2ccc(OC3CCCC3)cc2s1. The van der Waals surface area contributed by atoms with Gasteiger partial charge in [0.05, 0.1) is 16.7 Å². The van der Waals surface area contributed by atoms with Gasteiger partial charge < -0.3 is 15.4 Å². The summed E-state index contributed by atoms with van der Waals surface area (Å²) in [6.45, 7) is 2.92. The van der Waals surface area contributed by atoms with Crippen LogP contribution in [0.2, 0.25) is 0 Å². The molecule has 6 rings (SSSR count). The molecule has 1 amide bonds. The monoisotopic (exact) mass is 623 g/mol. The maximum atomic E-state index is 14.6. The van der Waals surface area contributed by atoms with Crippen LogP contribution in [0.4, 0.5) is 8.78 Å². The topological polar surface area (TPSA) is 81.6 Å². The molecule has 1 saturated carbocycles. The number of carbonyl (C=O) groups is 1. The lowest BCUT2D eigenvalue weighted by molar-refractivity contribution is -0.140. The molecule has 2 aliphatic rings. The molecule has 0 bridgehead atoms. The third-order valence-electron chi connectivity index (χ3n) is 8.15. The molecule has 43 heavy (non-hydrogen) atoms. The van der Waals surface area contributed by atoms with Gasteiger partial charge in [-0.15, -0.1) is 11.3 Å². The number of aryl methyl sites for hydroxylation is 1. The summed E-state index contributed by atoms with van der Waals surface area (Å²) in [4.78, 5) is 13.7. The molecule has 4 N–H and O–H groups in total. The summed E-state index contributed by atoms with van der Waals surface area (Å²) in [5, 5.41) is 6.83. The van der Waals surface area contributed by atoms with E-state index in [2.05, 4.69) is 24.3 Å². The van der Waals surface area contributed by atoms with Crippen molar-refractivity contribution in [1.29, 1.82) is 0 Å². The van der Waals surface area contributed by atoms with Crippen LogP contribution in [0.25, 0.3) is 21.2 Å². The molecule has 1 aromatic heterocycles. The lowest BCUT2D eigenvalue weighted by atomic mass is 9.98. The van der Waals surface area contributed by atoms with Crippen LogP contribution < -0.4 is 15.6 Å². The number of carbonyl (C=O) groups excluding carboxylic acids is 1. The second-order valence-corrected chi connectivity index (χ2v) is 13.5. The Morgan fingerprint density at radius 3 is 2.21 bits per heavy atom. The number of benzene rings is 3. The van der Waals surface area contributed by atoms with Crippen molar-refractivity contribution in [3.8, 4) is 16.9 Å². The van der Waals surface area contributed by atoms with E-state index in [0.717, 1.165) is 26.6 Å². The minimum atomic E-state index is -3.18. The van der Waals surface area contributed by atoms with Gasteiger partial charge in [-0.25, -0.2) is 8.78 Å². The number of amides is 1. The van der Waals surface area contributed by atoms with Gasteiger partial charge in [-0.05, 0) is 98.2 Å². The second kappa shape index (κ2) is 14.2. The van der Waals surface area contributed by atoms with Gasteiger partial charge in [0, 0.05) is 29.4 Å². The number of thiophene rings is 1. The Kier molecular flexibility index (Phi) is 10.4. The molecule has 3 aromatic carbocycles. The summed E-state index contributed by atoms with van der Waals surface area (Å²) in [5.74, 6) is -2.69. The second-order valence-electron chi connectivity index (χ2n) is 11.5. The van der Waals surface area contributed by atoms with Crippen molar-refractivity contribution in [2.24, 2.45) is 10.9 Å². The number of hydrogen-bond acceptors (Lipinski definition) is 6. The Bertz CT molecular complexity index is 1490. The van der Waals surface area contributed by atoms with E-state index in [0.29, 0.717) is 32.0 Å². The third-order valence-corrected chi connectivity index (χ3v) is 9.93. The van der Waals surface area contributed by atoms with E-state index in [4.69, 9.17) is 15.6 Å². The molecule has 0 spiro atoms. The van der Waals surface area contributed by atoms with E-state index in [1.807, 2.05) is 31.2 Å². The highest BCUT2D eigenvalue weighted by molar-refractivity contribution is 7.99. The fraction of sp³-hybridized carbons (Fsp3) is 0.382. The quantitative estimate of drug-likeness (QED) is 0.203. The van der Waals surface area contributed by atoms with Crippen LogP contribution >= 0.6 is 23.3 Å². The number of likely N-dealkylation sites (tertiary alicyclic amines) is 1. The highest BCUT2D eigenvalue weighted by atomic mass is 32.2. The fourth-order valence-corrected chi connectivity index (χ4v) is 7.00. The van der Waals surface area contributed by atoms with Crippen molar-refractivity contribution in [3.63, 3.8) is 0 Å². The normalized spacial score (nSPS) is 16.3. The van der Waals surface area contributed by atoms with Crippen LogP contribution in [0, 0.1) is 6.92 Å². The number of hydrogen-bond donors (Lipinski definition) is 2. The predicted molar refractivity (Wildman–Crippen MR) is 174 cm³/mol. The van der Waals surface area contributed by atoms with E-state index >= 15 is 0 Å². The molecule has 0 unspecified atom stereocenters. The van der Waals surface area contributed by atoms with Crippen molar-refractivity contribution in [3.05, 3.63) is 83.9 Å². The number of rotatable bonds is 7. The van der Waals surface area contributed by atoms with Gasteiger partial charge in [0.15, 0.2) is 0 Å². The van der Waals surface area contributed by atoms with E-state index < -0.39 is 18.3 Å². The average molecular weight is 624 g/mol. The van der Waals surface area contributed by atoms with Gasteiger partial charge in [0.2, 0.25) is 5.91 Å². The first-order valence-electron chi connectivity index (χ1n) is 14.9. The largest absolute Gasteiger partial charge is 0.490 e. The number of ether oxygens (including phenoxy) is 1. The molecule has 2 heterocycles. The Balaban J connectivity index is 0.000000186. The maximum absolute atomic E-state index is 14.6. The Labute approximate surface area is 260 Å². The minimum absolute atomic E-state index is 0.0638. The van der Waals surface area contributed by atoms with Crippen LogP contribution in [0.3, 0.4) is 0 Å². The van der Waals surface area contributed by atoms with Gasteiger partial charge in [0.1, 0.15) is 5.75 Å². The van der Waals surface area contributed by atoms with Gasteiger partial charge >= 0.3 is 0 Å². The van der Waals surface area contributed by atoms with Crippen LogP contribution in [0.15, 0.2) is 77.0 Å². The standard InChI is InChI=1S/C21H24F2N2O.C13H15NOS2/c1-15-2-4-16(5-3-15)17-6-8-18(9-7-17)21(22,23)14-20(26)25-12-10-19(24)11-13-25;14-17-13-7-9-5-6-11(8-12(9)16-13)15-10-3-1-2-4-10/h2-9,19H,10-14,24H2,1H3;5-8,10H,1-4,14H2. The van der Waals surface area contributed by atoms with Gasteiger partial charge in [-0.1, -0.05) is 54.1 Å². The van der Waals surface area contributed by atoms with Crippen molar-refractivity contribution in [2.45, 2.75) is 74.1 Å². The Hall–Kier alpha value is -2.98. The number of fused-ring (bicyclic) bond motifs is 1. The van der Waals surface area contributed by atoms with Crippen molar-refractivity contribution in [1.82, 2.24) is 4.90 Å². The van der Waals surface area contributed by atoms with Crippen LogP contribution in [-0.2, 0) is 10.7 Å². The maximum Gasteiger partial charge on any atom is 0.281 e. The van der Waals surface area contributed by atoms with E-state index in [1.165, 1.54) is 64.7 Å². The highest BCUT2D eigenvalue weighted by Crippen LogP contribution is 2.35. The number of nitrogens with two attached hydrogens (primary N) is 2. The molecule has 4 aromatic rings. The smallest absolute Gasteiger partial charge is 0.281 e. The molecule has 0 radical (unpaired) electrons. The summed E-state index contributed by atoms with van der Waals surface area (Å²) in [6.07, 6.45) is 5.98. The highest BCUT2D eigenvalue weighted by Gasteiger charge is 2.36. The molecule has 1 saturated heterocycles. The number of alkyl halides is 2. The summed E-state index contributed by atoms with van der Waals surface area (Å²) in [5.41, 5.74) is 8.67. The zero-order valence-corrected chi connectivity index (χ0v) is 26.1. The van der Waals surface area contributed by atoms with Crippen molar-refractivity contribution < 1.29 is 18.3 Å². The lowest BCUT2D eigenvalue weighted by Gasteiger charge is -2.31. The van der Waals surface area contributed by atoms with Gasteiger partial charge in [0.25, 0.3) is 5.92 Å². The molecule has 5 nitrogen and oxygen atoms in total. The Morgan fingerprint density at radius 1 is 0.953 bits per heavy atom. The molecule has 1 aliphatic heterocycles. The third kappa shape index (κ3) is 8.35. The molecular weight excluding hydrogens is 585 g/mol. The minimum Gasteiger partial charge on any atom is -0.490 e. The van der Waals surface area contributed by atoms with Crippen LogP contribution in [0.5, 0.6) is 5.75 Å². The number of nitrogens with zero attached hydrogens (tertiary/aromatic N) is 1. The molecule has 2 fully saturated rings. The summed E-state index contributed by atoms with van der Waals surface area (Å²) in [7, 11) is 0. The summed E-state index contributed by atoms with van der Waals surface area (Å²) >= 11 is 3.04. The number of piperidine rings is 1. The Morgan fingerprint density at radius 2 is 1.58 bits per heavy atom. The van der Waals surface area contributed by atoms with Gasteiger partial charge in [-0.3, -0.25) is 9.93 Å². The molecule has 9 heteroatoms. The molecular formula is C34H39F2N3O2S2. The zero-order valence-electron chi connectivity index (χ0n) is 24.4. The predicted octanol–water partition coefficient (Wildman–Crippen LogP) is 8.28. The van der Waals surface area contributed by atoms with E-state index in [1.54, 1.807) is 23.5 Å².